The largest absolute Gasteiger partial charge is 0.355 e. The molecule has 7 heteroatoms. The Bertz CT molecular complexity index is 848. The number of nitrogens with zero attached hydrogens (tertiary/aromatic N) is 4. The minimum Gasteiger partial charge on any atom is -0.355 e. The van der Waals surface area contributed by atoms with Crippen molar-refractivity contribution in [3.8, 4) is 0 Å². The van der Waals surface area contributed by atoms with E-state index in [0.717, 1.165) is 22.7 Å². The summed E-state index contributed by atoms with van der Waals surface area (Å²) in [6, 6.07) is 7.65. The van der Waals surface area contributed by atoms with E-state index in [1.165, 1.54) is 12.8 Å². The standard InChI is InChI=1S/C19H25N5OS/c1-4-11-23-17(15-9-10-15)21-24(19(23)26)13-22(3)12-14-5-7-16(8-6-14)18(25)20-2/h4-8,15H,1,9-13H2,2-3H3,(H,20,25). The highest BCUT2D eigenvalue weighted by molar-refractivity contribution is 7.71. The van der Waals surface area contributed by atoms with Gasteiger partial charge in [-0.05, 0) is 49.8 Å². The predicted octanol–water partition coefficient (Wildman–Crippen LogP) is 2.93. The summed E-state index contributed by atoms with van der Waals surface area (Å²) in [4.78, 5) is 13.8. The second-order valence-electron chi connectivity index (χ2n) is 6.75. The van der Waals surface area contributed by atoms with Crippen molar-refractivity contribution in [2.45, 2.75) is 38.5 Å². The molecule has 1 aliphatic carbocycles. The number of hydrogen-bond acceptors (Lipinski definition) is 4. The number of carbonyl (C=O) groups is 1. The van der Waals surface area contributed by atoms with Gasteiger partial charge in [-0.15, -0.1) is 6.58 Å². The third kappa shape index (κ3) is 4.11. The summed E-state index contributed by atoms with van der Waals surface area (Å²) >= 11 is 5.61. The Balaban J connectivity index is 1.69. The molecular weight excluding hydrogens is 346 g/mol. The van der Waals surface area contributed by atoms with Crippen molar-refractivity contribution in [3.05, 3.63) is 58.6 Å². The number of benzene rings is 1. The van der Waals surface area contributed by atoms with Crippen LogP contribution >= 0.6 is 12.2 Å². The number of carbonyl (C=O) groups excluding carboxylic acids is 1. The minimum atomic E-state index is -0.0726. The van der Waals surface area contributed by atoms with E-state index in [-0.39, 0.29) is 5.91 Å². The molecule has 1 fully saturated rings. The highest BCUT2D eigenvalue weighted by Crippen LogP contribution is 2.39. The Hall–Kier alpha value is -2.25. The molecular formula is C19H25N5OS. The van der Waals surface area contributed by atoms with Gasteiger partial charge in [0.2, 0.25) is 0 Å². The molecule has 1 aliphatic rings. The first-order chi connectivity index (χ1) is 12.5. The molecule has 1 N–H and O–H groups in total. The SMILES string of the molecule is C=CCn1c(C2CC2)nn(CN(C)Cc2ccc(C(=O)NC)cc2)c1=S. The van der Waals surface area contributed by atoms with E-state index >= 15 is 0 Å². The second kappa shape index (κ2) is 7.97. The maximum atomic E-state index is 11.6. The average molecular weight is 372 g/mol. The first-order valence-electron chi connectivity index (χ1n) is 8.81. The number of aromatic nitrogens is 3. The van der Waals surface area contributed by atoms with Gasteiger partial charge in [-0.3, -0.25) is 14.3 Å². The molecule has 0 bridgehead atoms. The van der Waals surface area contributed by atoms with Crippen LogP contribution in [0.5, 0.6) is 0 Å². The average Bonchev–Trinajstić information content (AvgIpc) is 3.43. The molecule has 2 aromatic rings. The van der Waals surface area contributed by atoms with Crippen molar-refractivity contribution in [1.29, 1.82) is 0 Å². The smallest absolute Gasteiger partial charge is 0.251 e. The van der Waals surface area contributed by atoms with Crippen molar-refractivity contribution in [2.75, 3.05) is 14.1 Å². The third-order valence-corrected chi connectivity index (χ3v) is 4.91. The monoisotopic (exact) mass is 371 g/mol. The van der Waals surface area contributed by atoms with Crippen molar-refractivity contribution in [2.24, 2.45) is 0 Å². The molecule has 0 spiro atoms. The number of nitrogens with one attached hydrogen (secondary N) is 1. The number of amides is 1. The lowest BCUT2D eigenvalue weighted by Crippen LogP contribution is -2.23. The van der Waals surface area contributed by atoms with Gasteiger partial charge in [0.1, 0.15) is 5.82 Å². The van der Waals surface area contributed by atoms with Crippen LogP contribution in [-0.4, -0.2) is 39.3 Å². The summed E-state index contributed by atoms with van der Waals surface area (Å²) in [6.45, 7) is 5.91. The van der Waals surface area contributed by atoms with Crippen molar-refractivity contribution in [3.63, 3.8) is 0 Å². The summed E-state index contributed by atoms with van der Waals surface area (Å²) < 4.78 is 4.73. The van der Waals surface area contributed by atoms with E-state index in [1.54, 1.807) is 7.05 Å². The number of allylic oxidation sites excluding steroid dienone is 1. The molecule has 0 unspecified atom stereocenters. The van der Waals surface area contributed by atoms with Crippen LogP contribution in [-0.2, 0) is 19.8 Å². The Kier molecular flexibility index (Phi) is 5.68. The van der Waals surface area contributed by atoms with E-state index in [4.69, 9.17) is 17.3 Å². The van der Waals surface area contributed by atoms with Crippen molar-refractivity contribution < 1.29 is 4.79 Å². The molecule has 26 heavy (non-hydrogen) atoms. The summed E-state index contributed by atoms with van der Waals surface area (Å²) in [5.41, 5.74) is 1.80. The van der Waals surface area contributed by atoms with Gasteiger partial charge in [0, 0.05) is 31.6 Å². The van der Waals surface area contributed by atoms with Crippen LogP contribution in [0.3, 0.4) is 0 Å². The Labute approximate surface area is 159 Å². The molecule has 0 saturated heterocycles. The van der Waals surface area contributed by atoms with Gasteiger partial charge in [0.25, 0.3) is 5.91 Å². The maximum Gasteiger partial charge on any atom is 0.251 e. The van der Waals surface area contributed by atoms with Crippen LogP contribution in [0.2, 0.25) is 0 Å². The first-order valence-corrected chi connectivity index (χ1v) is 9.22. The topological polar surface area (TPSA) is 55.1 Å². The Morgan fingerprint density at radius 2 is 2.12 bits per heavy atom. The fourth-order valence-electron chi connectivity index (χ4n) is 2.99. The van der Waals surface area contributed by atoms with Gasteiger partial charge in [-0.1, -0.05) is 18.2 Å². The molecule has 6 nitrogen and oxygen atoms in total. The van der Waals surface area contributed by atoms with Crippen LogP contribution in [0.25, 0.3) is 0 Å². The van der Waals surface area contributed by atoms with Crippen LogP contribution in [0.4, 0.5) is 0 Å². The van der Waals surface area contributed by atoms with Gasteiger partial charge in [-0.25, -0.2) is 4.68 Å². The molecule has 1 aromatic carbocycles. The lowest BCUT2D eigenvalue weighted by molar-refractivity contribution is 0.0963. The highest BCUT2D eigenvalue weighted by Gasteiger charge is 2.29. The van der Waals surface area contributed by atoms with Crippen LogP contribution in [0.1, 0.15) is 40.5 Å². The zero-order chi connectivity index (χ0) is 18.7. The summed E-state index contributed by atoms with van der Waals surface area (Å²) in [5.74, 6) is 1.55. The van der Waals surface area contributed by atoms with E-state index in [9.17, 15) is 4.79 Å². The fraction of sp³-hybridized carbons (Fsp3) is 0.421. The Morgan fingerprint density at radius 3 is 2.69 bits per heavy atom. The third-order valence-electron chi connectivity index (χ3n) is 4.48. The van der Waals surface area contributed by atoms with Crippen LogP contribution < -0.4 is 5.32 Å². The summed E-state index contributed by atoms with van der Waals surface area (Å²) in [7, 11) is 3.67. The molecule has 1 heterocycles. The van der Waals surface area contributed by atoms with E-state index in [1.807, 2.05) is 42.1 Å². The molecule has 0 atom stereocenters. The first kappa shape index (κ1) is 18.5. The van der Waals surface area contributed by atoms with Gasteiger partial charge in [0.05, 0.1) is 6.67 Å². The molecule has 0 aliphatic heterocycles. The zero-order valence-electron chi connectivity index (χ0n) is 15.3. The number of hydrogen-bond donors (Lipinski definition) is 1. The maximum absolute atomic E-state index is 11.6. The van der Waals surface area contributed by atoms with E-state index in [2.05, 4.69) is 21.4 Å². The normalized spacial score (nSPS) is 13.8. The number of rotatable bonds is 8. The molecule has 1 amide bonds. The van der Waals surface area contributed by atoms with Gasteiger partial charge < -0.3 is 5.32 Å². The van der Waals surface area contributed by atoms with E-state index in [0.29, 0.717) is 24.7 Å². The van der Waals surface area contributed by atoms with Gasteiger partial charge in [0.15, 0.2) is 4.77 Å². The van der Waals surface area contributed by atoms with Crippen LogP contribution in [0, 0.1) is 4.77 Å². The Morgan fingerprint density at radius 1 is 1.42 bits per heavy atom. The zero-order valence-corrected chi connectivity index (χ0v) is 16.1. The van der Waals surface area contributed by atoms with Crippen molar-refractivity contribution in [1.82, 2.24) is 24.6 Å². The molecule has 3 rings (SSSR count). The summed E-state index contributed by atoms with van der Waals surface area (Å²) in [5, 5.41) is 7.38. The highest BCUT2D eigenvalue weighted by atomic mass is 32.1. The van der Waals surface area contributed by atoms with E-state index < -0.39 is 0 Å². The van der Waals surface area contributed by atoms with Gasteiger partial charge >= 0.3 is 0 Å². The lowest BCUT2D eigenvalue weighted by Gasteiger charge is -2.16. The summed E-state index contributed by atoms with van der Waals surface area (Å²) in [6.07, 6.45) is 4.25. The quantitative estimate of drug-likeness (QED) is 0.573. The molecule has 0 radical (unpaired) electrons. The van der Waals surface area contributed by atoms with Gasteiger partial charge in [-0.2, -0.15) is 5.10 Å². The minimum absolute atomic E-state index is 0.0726. The molecule has 1 aromatic heterocycles. The van der Waals surface area contributed by atoms with Crippen LogP contribution in [0.15, 0.2) is 36.9 Å². The fourth-order valence-corrected chi connectivity index (χ4v) is 3.26. The molecule has 1 saturated carbocycles. The van der Waals surface area contributed by atoms with Crippen molar-refractivity contribution >= 4 is 18.1 Å². The molecule has 138 valence electrons. The predicted molar refractivity (Wildman–Crippen MR) is 105 cm³/mol. The second-order valence-corrected chi connectivity index (χ2v) is 7.11. The lowest BCUT2D eigenvalue weighted by atomic mass is 10.1.